The second kappa shape index (κ2) is 5.64. The minimum atomic E-state index is -0.0243. The molecule has 5 heteroatoms. The van der Waals surface area contributed by atoms with Crippen LogP contribution < -0.4 is 4.74 Å². The van der Waals surface area contributed by atoms with Crippen molar-refractivity contribution in [2.75, 3.05) is 13.2 Å². The molecule has 106 valence electrons. The molecule has 1 aliphatic rings. The highest BCUT2D eigenvalue weighted by molar-refractivity contribution is 5.62. The average Bonchev–Trinajstić information content (AvgIpc) is 3.09. The summed E-state index contributed by atoms with van der Waals surface area (Å²) in [5, 5.41) is 9.39. The molecule has 1 aliphatic heterocycles. The Kier molecular flexibility index (Phi) is 3.71. The minimum Gasteiger partial charge on any atom is -0.488 e. The van der Waals surface area contributed by atoms with Crippen LogP contribution in [-0.2, 0) is 18.4 Å². The number of hydrogen-bond donors (Lipinski definition) is 1. The van der Waals surface area contributed by atoms with E-state index < -0.39 is 0 Å². The molecule has 0 bridgehead atoms. The Morgan fingerprint density at radius 2 is 2.20 bits per heavy atom. The highest BCUT2D eigenvalue weighted by Gasteiger charge is 2.17. The van der Waals surface area contributed by atoms with Crippen molar-refractivity contribution in [3.8, 4) is 17.0 Å². The van der Waals surface area contributed by atoms with Gasteiger partial charge in [0.2, 0.25) is 0 Å². The van der Waals surface area contributed by atoms with Gasteiger partial charge < -0.3 is 19.1 Å². The monoisotopic (exact) mass is 274 g/mol. The lowest BCUT2D eigenvalue weighted by molar-refractivity contribution is 0.141. The summed E-state index contributed by atoms with van der Waals surface area (Å²) >= 11 is 0. The third kappa shape index (κ3) is 2.55. The van der Waals surface area contributed by atoms with Crippen LogP contribution in [0, 0.1) is 0 Å². The number of hydrogen-bond acceptors (Lipinski definition) is 4. The molecule has 1 aromatic carbocycles. The summed E-state index contributed by atoms with van der Waals surface area (Å²) in [6.45, 7) is 1.41. The SMILES string of the molecule is Cn1cnc(-c2ccc(OC3CCOC3)cc2)c1CO. The van der Waals surface area contributed by atoms with Gasteiger partial charge >= 0.3 is 0 Å². The Bertz CT molecular complexity index is 571. The first-order valence-electron chi connectivity index (χ1n) is 6.74. The van der Waals surface area contributed by atoms with Crippen molar-refractivity contribution < 1.29 is 14.6 Å². The molecule has 0 saturated carbocycles. The van der Waals surface area contributed by atoms with Crippen LogP contribution in [0.15, 0.2) is 30.6 Å². The third-order valence-corrected chi connectivity index (χ3v) is 3.53. The van der Waals surface area contributed by atoms with E-state index in [-0.39, 0.29) is 12.7 Å². The smallest absolute Gasteiger partial charge is 0.124 e. The highest BCUT2D eigenvalue weighted by Crippen LogP contribution is 2.25. The van der Waals surface area contributed by atoms with Crippen LogP contribution in [0.1, 0.15) is 12.1 Å². The molecule has 1 aromatic heterocycles. The lowest BCUT2D eigenvalue weighted by Gasteiger charge is -2.12. The van der Waals surface area contributed by atoms with Crippen LogP contribution in [0.5, 0.6) is 5.75 Å². The molecule has 1 N–H and O–H groups in total. The van der Waals surface area contributed by atoms with Crippen LogP contribution in [0.3, 0.4) is 0 Å². The minimum absolute atomic E-state index is 0.0243. The summed E-state index contributed by atoms with van der Waals surface area (Å²) in [6, 6.07) is 7.80. The van der Waals surface area contributed by atoms with Gasteiger partial charge in [-0.05, 0) is 24.3 Å². The van der Waals surface area contributed by atoms with E-state index in [1.807, 2.05) is 35.9 Å². The number of benzene rings is 1. The summed E-state index contributed by atoms with van der Waals surface area (Å²) in [7, 11) is 1.87. The van der Waals surface area contributed by atoms with E-state index in [9.17, 15) is 5.11 Å². The van der Waals surface area contributed by atoms with Gasteiger partial charge in [0.05, 0.1) is 37.5 Å². The normalized spacial score (nSPS) is 18.4. The van der Waals surface area contributed by atoms with Crippen molar-refractivity contribution in [3.63, 3.8) is 0 Å². The summed E-state index contributed by atoms with van der Waals surface area (Å²) < 4.78 is 12.9. The van der Waals surface area contributed by atoms with Crippen molar-refractivity contribution >= 4 is 0 Å². The van der Waals surface area contributed by atoms with Gasteiger partial charge in [-0.2, -0.15) is 0 Å². The fraction of sp³-hybridized carbons (Fsp3) is 0.400. The molecule has 3 rings (SSSR count). The Balaban J connectivity index is 1.78. The van der Waals surface area contributed by atoms with E-state index >= 15 is 0 Å². The van der Waals surface area contributed by atoms with Crippen molar-refractivity contribution in [3.05, 3.63) is 36.3 Å². The number of aryl methyl sites for hydroxylation is 1. The van der Waals surface area contributed by atoms with Gasteiger partial charge in [-0.1, -0.05) is 0 Å². The predicted octanol–water partition coefficient (Wildman–Crippen LogP) is 1.75. The van der Waals surface area contributed by atoms with Crippen LogP contribution in [-0.4, -0.2) is 34.0 Å². The molecule has 1 saturated heterocycles. The van der Waals surface area contributed by atoms with E-state index in [1.165, 1.54) is 0 Å². The lowest BCUT2D eigenvalue weighted by atomic mass is 10.1. The molecule has 2 heterocycles. The zero-order chi connectivity index (χ0) is 13.9. The van der Waals surface area contributed by atoms with Crippen molar-refractivity contribution in [2.45, 2.75) is 19.1 Å². The van der Waals surface area contributed by atoms with Gasteiger partial charge in [0, 0.05) is 19.0 Å². The summed E-state index contributed by atoms with van der Waals surface area (Å²) in [4.78, 5) is 4.33. The largest absolute Gasteiger partial charge is 0.488 e. The Labute approximate surface area is 117 Å². The molecule has 1 unspecified atom stereocenters. The molecular weight excluding hydrogens is 256 g/mol. The zero-order valence-electron chi connectivity index (χ0n) is 11.5. The van der Waals surface area contributed by atoms with E-state index in [0.717, 1.165) is 35.7 Å². The number of ether oxygens (including phenoxy) is 2. The molecule has 0 spiro atoms. The number of nitrogens with zero attached hydrogens (tertiary/aromatic N) is 2. The maximum atomic E-state index is 9.39. The second-order valence-electron chi connectivity index (χ2n) is 4.94. The first-order valence-corrected chi connectivity index (χ1v) is 6.74. The van der Waals surface area contributed by atoms with E-state index in [2.05, 4.69) is 4.98 Å². The summed E-state index contributed by atoms with van der Waals surface area (Å²) in [5.74, 6) is 0.839. The topological polar surface area (TPSA) is 56.5 Å². The molecule has 2 aromatic rings. The van der Waals surface area contributed by atoms with Crippen LogP contribution >= 0.6 is 0 Å². The van der Waals surface area contributed by atoms with Gasteiger partial charge in [-0.3, -0.25) is 0 Å². The highest BCUT2D eigenvalue weighted by atomic mass is 16.5. The van der Waals surface area contributed by atoms with Crippen LogP contribution in [0.4, 0.5) is 0 Å². The number of aromatic nitrogens is 2. The van der Waals surface area contributed by atoms with E-state index in [4.69, 9.17) is 9.47 Å². The molecule has 0 amide bonds. The first-order chi connectivity index (χ1) is 9.78. The summed E-state index contributed by atoms with van der Waals surface area (Å²) in [5.41, 5.74) is 2.60. The van der Waals surface area contributed by atoms with Crippen LogP contribution in [0.2, 0.25) is 0 Å². The fourth-order valence-electron chi connectivity index (χ4n) is 2.37. The van der Waals surface area contributed by atoms with Gasteiger partial charge in [-0.15, -0.1) is 0 Å². The Hall–Kier alpha value is -1.85. The van der Waals surface area contributed by atoms with E-state index in [0.29, 0.717) is 6.61 Å². The number of aliphatic hydroxyl groups excluding tert-OH is 1. The zero-order valence-corrected chi connectivity index (χ0v) is 11.5. The Morgan fingerprint density at radius 3 is 2.85 bits per heavy atom. The van der Waals surface area contributed by atoms with Gasteiger partial charge in [0.15, 0.2) is 0 Å². The number of rotatable bonds is 4. The molecule has 1 fully saturated rings. The molecular formula is C15H18N2O3. The van der Waals surface area contributed by atoms with E-state index in [1.54, 1.807) is 6.33 Å². The van der Waals surface area contributed by atoms with Crippen molar-refractivity contribution in [1.82, 2.24) is 9.55 Å². The number of imidazole rings is 1. The van der Waals surface area contributed by atoms with Gasteiger partial charge in [-0.25, -0.2) is 4.98 Å². The fourth-order valence-corrected chi connectivity index (χ4v) is 2.37. The Morgan fingerprint density at radius 1 is 1.40 bits per heavy atom. The van der Waals surface area contributed by atoms with Crippen molar-refractivity contribution in [2.24, 2.45) is 7.05 Å². The molecule has 1 atom stereocenters. The summed E-state index contributed by atoms with van der Waals surface area (Å²) in [6.07, 6.45) is 2.81. The molecule has 0 aliphatic carbocycles. The first kappa shape index (κ1) is 13.1. The number of aliphatic hydroxyl groups is 1. The molecule has 20 heavy (non-hydrogen) atoms. The maximum Gasteiger partial charge on any atom is 0.124 e. The van der Waals surface area contributed by atoms with Crippen LogP contribution in [0.25, 0.3) is 11.3 Å². The molecule has 0 radical (unpaired) electrons. The molecule has 5 nitrogen and oxygen atoms in total. The third-order valence-electron chi connectivity index (χ3n) is 3.53. The quantitative estimate of drug-likeness (QED) is 0.922. The van der Waals surface area contributed by atoms with Crippen molar-refractivity contribution in [1.29, 1.82) is 0 Å². The lowest BCUT2D eigenvalue weighted by Crippen LogP contribution is -2.15. The predicted molar refractivity (Wildman–Crippen MR) is 74.4 cm³/mol. The average molecular weight is 274 g/mol. The standard InChI is InChI=1S/C15H18N2O3/c1-17-10-16-15(14(17)8-18)11-2-4-12(5-3-11)20-13-6-7-19-9-13/h2-5,10,13,18H,6-9H2,1H3. The second-order valence-corrected chi connectivity index (χ2v) is 4.94. The van der Waals surface area contributed by atoms with Gasteiger partial charge in [0.25, 0.3) is 0 Å². The van der Waals surface area contributed by atoms with Gasteiger partial charge in [0.1, 0.15) is 11.9 Å². The maximum absolute atomic E-state index is 9.39.